The normalized spacial score (nSPS) is 18.3. The SMILES string of the molecule is O=S(=O)(c1c(F)c(F)c(F)c(F)c1F)N1CC[C@H](Oc2ccccc2)C1. The zero-order valence-electron chi connectivity index (χ0n) is 13.1. The van der Waals surface area contributed by atoms with Gasteiger partial charge in [0, 0.05) is 6.54 Å². The third kappa shape index (κ3) is 3.14. The first-order valence-corrected chi connectivity index (χ1v) is 8.90. The average Bonchev–Trinajstić information content (AvgIpc) is 3.08. The Morgan fingerprint density at radius 1 is 0.885 bits per heavy atom. The predicted molar refractivity (Wildman–Crippen MR) is 80.5 cm³/mol. The van der Waals surface area contributed by atoms with Gasteiger partial charge in [-0.3, -0.25) is 0 Å². The van der Waals surface area contributed by atoms with Crippen LogP contribution in [0.25, 0.3) is 0 Å². The van der Waals surface area contributed by atoms with E-state index in [1.54, 1.807) is 30.3 Å². The van der Waals surface area contributed by atoms with E-state index in [-0.39, 0.29) is 19.5 Å². The Morgan fingerprint density at radius 3 is 2.00 bits per heavy atom. The molecule has 10 heteroatoms. The van der Waals surface area contributed by atoms with Crippen LogP contribution >= 0.6 is 0 Å². The van der Waals surface area contributed by atoms with E-state index in [0.717, 1.165) is 0 Å². The summed E-state index contributed by atoms with van der Waals surface area (Å²) in [5.74, 6) is -11.3. The molecule has 0 spiro atoms. The highest BCUT2D eigenvalue weighted by atomic mass is 32.2. The van der Waals surface area contributed by atoms with Crippen LogP contribution in [0, 0.1) is 29.1 Å². The van der Waals surface area contributed by atoms with Gasteiger partial charge in [-0.15, -0.1) is 0 Å². The number of nitrogens with zero attached hydrogens (tertiary/aromatic N) is 1. The van der Waals surface area contributed by atoms with Gasteiger partial charge in [-0.2, -0.15) is 4.31 Å². The summed E-state index contributed by atoms with van der Waals surface area (Å²) >= 11 is 0. The highest BCUT2D eigenvalue weighted by Gasteiger charge is 2.40. The van der Waals surface area contributed by atoms with Crippen molar-refractivity contribution >= 4 is 10.0 Å². The summed E-state index contributed by atoms with van der Waals surface area (Å²) in [6, 6.07) is 8.44. The molecule has 0 radical (unpaired) electrons. The number of para-hydroxylation sites is 1. The first-order valence-electron chi connectivity index (χ1n) is 7.46. The lowest BCUT2D eigenvalue weighted by Crippen LogP contribution is -2.33. The van der Waals surface area contributed by atoms with Gasteiger partial charge in [-0.25, -0.2) is 30.4 Å². The summed E-state index contributed by atoms with van der Waals surface area (Å²) in [7, 11) is -4.93. The lowest BCUT2D eigenvalue weighted by atomic mass is 10.3. The van der Waals surface area contributed by atoms with Gasteiger partial charge in [-0.05, 0) is 18.6 Å². The molecule has 1 aliphatic heterocycles. The van der Waals surface area contributed by atoms with Crippen molar-refractivity contribution in [2.45, 2.75) is 17.4 Å². The molecule has 0 N–H and O–H groups in total. The van der Waals surface area contributed by atoms with Gasteiger partial charge in [-0.1, -0.05) is 18.2 Å². The minimum Gasteiger partial charge on any atom is -0.489 e. The molecule has 1 aliphatic rings. The first-order chi connectivity index (χ1) is 12.2. The lowest BCUT2D eigenvalue weighted by molar-refractivity contribution is 0.215. The quantitative estimate of drug-likeness (QED) is 0.455. The summed E-state index contributed by atoms with van der Waals surface area (Å²) in [5.41, 5.74) is 0. The van der Waals surface area contributed by atoms with Crippen LogP contribution in [0.4, 0.5) is 22.0 Å². The van der Waals surface area contributed by atoms with Crippen LogP contribution in [0.2, 0.25) is 0 Å². The highest BCUT2D eigenvalue weighted by Crippen LogP contribution is 2.31. The molecule has 1 fully saturated rings. The Hall–Kier alpha value is -2.20. The summed E-state index contributed by atoms with van der Waals surface area (Å²) in [6.07, 6.45) is -0.419. The second-order valence-corrected chi connectivity index (χ2v) is 7.48. The Balaban J connectivity index is 1.88. The number of sulfonamides is 1. The van der Waals surface area contributed by atoms with E-state index in [9.17, 15) is 30.4 Å². The van der Waals surface area contributed by atoms with E-state index >= 15 is 0 Å². The van der Waals surface area contributed by atoms with E-state index < -0.39 is 50.1 Å². The Labute approximate surface area is 145 Å². The van der Waals surface area contributed by atoms with Crippen LogP contribution in [0.1, 0.15) is 6.42 Å². The Kier molecular flexibility index (Phi) is 4.89. The monoisotopic (exact) mass is 393 g/mol. The van der Waals surface area contributed by atoms with Crippen molar-refractivity contribution in [2.75, 3.05) is 13.1 Å². The average molecular weight is 393 g/mol. The third-order valence-electron chi connectivity index (χ3n) is 3.92. The van der Waals surface area contributed by atoms with Crippen LogP contribution in [-0.4, -0.2) is 31.9 Å². The molecule has 0 unspecified atom stereocenters. The van der Waals surface area contributed by atoms with E-state index in [1.165, 1.54) is 0 Å². The minimum atomic E-state index is -4.93. The second kappa shape index (κ2) is 6.84. The Bertz CT molecular complexity index is 908. The third-order valence-corrected chi connectivity index (χ3v) is 5.81. The number of rotatable bonds is 4. The summed E-state index contributed by atoms with van der Waals surface area (Å²) in [5, 5.41) is 0. The molecule has 0 aromatic heterocycles. The largest absolute Gasteiger partial charge is 0.489 e. The molecule has 2 aromatic rings. The van der Waals surface area contributed by atoms with Crippen molar-refractivity contribution < 1.29 is 35.1 Å². The van der Waals surface area contributed by atoms with Crippen molar-refractivity contribution in [2.24, 2.45) is 0 Å². The summed E-state index contributed by atoms with van der Waals surface area (Å²) < 4.78 is 98.5. The summed E-state index contributed by atoms with van der Waals surface area (Å²) in [6.45, 7) is -0.462. The van der Waals surface area contributed by atoms with Crippen LogP contribution in [0.5, 0.6) is 5.75 Å². The van der Waals surface area contributed by atoms with E-state index in [4.69, 9.17) is 4.74 Å². The molecule has 1 saturated heterocycles. The number of benzene rings is 2. The van der Waals surface area contributed by atoms with E-state index in [1.807, 2.05) is 0 Å². The van der Waals surface area contributed by atoms with Gasteiger partial charge in [0.2, 0.25) is 15.8 Å². The standard InChI is InChI=1S/C16H12F5NO3S/c17-11-12(18)14(20)16(15(21)13(11)19)26(23,24)22-7-6-10(8-22)25-9-4-2-1-3-5-9/h1-5,10H,6-8H2/t10-/m0/s1. The van der Waals surface area contributed by atoms with Crippen molar-refractivity contribution in [1.29, 1.82) is 0 Å². The Morgan fingerprint density at radius 2 is 1.42 bits per heavy atom. The van der Waals surface area contributed by atoms with Gasteiger partial charge in [0.1, 0.15) is 11.9 Å². The van der Waals surface area contributed by atoms with Crippen LogP contribution in [-0.2, 0) is 10.0 Å². The van der Waals surface area contributed by atoms with E-state index in [2.05, 4.69) is 0 Å². The smallest absolute Gasteiger partial charge is 0.249 e. The molecule has 1 heterocycles. The van der Waals surface area contributed by atoms with Gasteiger partial charge in [0.15, 0.2) is 28.2 Å². The number of ether oxygens (including phenoxy) is 1. The van der Waals surface area contributed by atoms with Crippen LogP contribution < -0.4 is 4.74 Å². The molecule has 1 atom stereocenters. The number of hydrogen-bond acceptors (Lipinski definition) is 3. The molecule has 0 bridgehead atoms. The highest BCUT2D eigenvalue weighted by molar-refractivity contribution is 7.89. The van der Waals surface area contributed by atoms with Gasteiger partial charge in [0.25, 0.3) is 0 Å². The zero-order valence-corrected chi connectivity index (χ0v) is 13.9. The van der Waals surface area contributed by atoms with Crippen molar-refractivity contribution in [3.8, 4) is 5.75 Å². The topological polar surface area (TPSA) is 46.6 Å². The maximum atomic E-state index is 13.8. The van der Waals surface area contributed by atoms with Crippen molar-refractivity contribution in [3.05, 3.63) is 59.4 Å². The van der Waals surface area contributed by atoms with Gasteiger partial charge in [0.05, 0.1) is 6.54 Å². The maximum absolute atomic E-state index is 13.8. The minimum absolute atomic E-state index is 0.181. The molecular weight excluding hydrogens is 381 g/mol. The van der Waals surface area contributed by atoms with Gasteiger partial charge < -0.3 is 4.74 Å². The molecular formula is C16H12F5NO3S. The first kappa shape index (κ1) is 18.6. The molecule has 0 saturated carbocycles. The van der Waals surface area contributed by atoms with Crippen molar-refractivity contribution in [1.82, 2.24) is 4.31 Å². The molecule has 3 rings (SSSR count). The molecule has 2 aromatic carbocycles. The molecule has 0 aliphatic carbocycles. The van der Waals surface area contributed by atoms with Crippen LogP contribution in [0.3, 0.4) is 0 Å². The predicted octanol–water partition coefficient (Wildman–Crippen LogP) is 3.22. The number of hydrogen-bond donors (Lipinski definition) is 0. The molecule has 26 heavy (non-hydrogen) atoms. The maximum Gasteiger partial charge on any atom is 0.249 e. The fourth-order valence-corrected chi connectivity index (χ4v) is 4.24. The fourth-order valence-electron chi connectivity index (χ4n) is 2.64. The lowest BCUT2D eigenvalue weighted by Gasteiger charge is -2.18. The van der Waals surface area contributed by atoms with Crippen molar-refractivity contribution in [3.63, 3.8) is 0 Å². The van der Waals surface area contributed by atoms with E-state index in [0.29, 0.717) is 10.1 Å². The summed E-state index contributed by atoms with van der Waals surface area (Å²) in [4.78, 5) is -1.85. The van der Waals surface area contributed by atoms with Gasteiger partial charge >= 0.3 is 0 Å². The second-order valence-electron chi connectivity index (χ2n) is 5.60. The number of halogens is 5. The molecule has 140 valence electrons. The molecule has 4 nitrogen and oxygen atoms in total. The van der Waals surface area contributed by atoms with Crippen LogP contribution in [0.15, 0.2) is 35.2 Å². The fraction of sp³-hybridized carbons (Fsp3) is 0.250. The zero-order chi connectivity index (χ0) is 19.1. The molecule has 0 amide bonds.